The Morgan fingerprint density at radius 2 is 2.17 bits per heavy atom. The summed E-state index contributed by atoms with van der Waals surface area (Å²) in [7, 11) is 0. The Hall–Kier alpha value is -0.410. The van der Waals surface area contributed by atoms with Crippen molar-refractivity contribution in [1.82, 2.24) is 4.98 Å². The quantitative estimate of drug-likeness (QED) is 0.776. The van der Waals surface area contributed by atoms with Crippen molar-refractivity contribution >= 4 is 11.3 Å². The Balaban J connectivity index is 2.76. The van der Waals surface area contributed by atoms with Crippen molar-refractivity contribution in [1.29, 1.82) is 0 Å². The van der Waals surface area contributed by atoms with Crippen molar-refractivity contribution in [2.45, 2.75) is 33.1 Å². The fourth-order valence-electron chi connectivity index (χ4n) is 1.27. The van der Waals surface area contributed by atoms with Crippen molar-refractivity contribution in [3.63, 3.8) is 0 Å². The molecule has 0 saturated heterocycles. The fraction of sp³-hybridized carbons (Fsp3) is 0.667. The van der Waals surface area contributed by atoms with Crippen LogP contribution in [0.25, 0.3) is 0 Å². The van der Waals surface area contributed by atoms with E-state index >= 15 is 0 Å². The normalized spacial score (nSPS) is 10.6. The molecule has 1 aromatic rings. The molecule has 68 valence electrons. The van der Waals surface area contributed by atoms with Crippen molar-refractivity contribution in [2.75, 3.05) is 6.54 Å². The largest absolute Gasteiger partial charge is 0.330 e. The van der Waals surface area contributed by atoms with E-state index < -0.39 is 0 Å². The van der Waals surface area contributed by atoms with Crippen LogP contribution in [0.4, 0.5) is 0 Å². The van der Waals surface area contributed by atoms with Crippen LogP contribution in [0.15, 0.2) is 0 Å². The summed E-state index contributed by atoms with van der Waals surface area (Å²) in [5.41, 5.74) is 6.72. The van der Waals surface area contributed by atoms with Crippen LogP contribution in [0, 0.1) is 6.92 Å². The number of aryl methyl sites for hydroxylation is 2. The molecule has 3 heteroatoms. The third-order valence-electron chi connectivity index (χ3n) is 1.74. The van der Waals surface area contributed by atoms with E-state index in [4.69, 9.17) is 5.73 Å². The Kier molecular flexibility index (Phi) is 3.69. The number of hydrogen-bond donors (Lipinski definition) is 1. The van der Waals surface area contributed by atoms with Gasteiger partial charge in [0.05, 0.1) is 10.7 Å². The zero-order valence-electron chi connectivity index (χ0n) is 7.76. The summed E-state index contributed by atoms with van der Waals surface area (Å²) in [6.45, 7) is 4.96. The molecule has 12 heavy (non-hydrogen) atoms. The lowest BCUT2D eigenvalue weighted by molar-refractivity contribution is 0.872. The maximum Gasteiger partial charge on any atom is 0.0900 e. The summed E-state index contributed by atoms with van der Waals surface area (Å²) in [4.78, 5) is 5.89. The third-order valence-corrected chi connectivity index (χ3v) is 2.82. The second-order valence-electron chi connectivity index (χ2n) is 2.89. The van der Waals surface area contributed by atoms with Gasteiger partial charge in [0.1, 0.15) is 0 Å². The molecule has 0 fully saturated rings. The van der Waals surface area contributed by atoms with E-state index in [2.05, 4.69) is 18.8 Å². The first-order valence-corrected chi connectivity index (χ1v) is 5.24. The lowest BCUT2D eigenvalue weighted by Crippen LogP contribution is -2.04. The van der Waals surface area contributed by atoms with Gasteiger partial charge in [-0.25, -0.2) is 4.98 Å². The van der Waals surface area contributed by atoms with E-state index in [-0.39, 0.29) is 0 Å². The van der Waals surface area contributed by atoms with Gasteiger partial charge in [0, 0.05) is 11.3 Å². The van der Waals surface area contributed by atoms with Crippen LogP contribution >= 0.6 is 11.3 Å². The number of nitrogens with two attached hydrogens (primary N) is 1. The summed E-state index contributed by atoms with van der Waals surface area (Å²) in [5.74, 6) is 0. The molecule has 0 aliphatic carbocycles. The molecule has 0 radical (unpaired) electrons. The lowest BCUT2D eigenvalue weighted by atomic mass is 10.2. The van der Waals surface area contributed by atoms with Crippen LogP contribution in [0.5, 0.6) is 0 Å². The molecule has 1 aromatic heterocycles. The Morgan fingerprint density at radius 1 is 1.42 bits per heavy atom. The van der Waals surface area contributed by atoms with Gasteiger partial charge in [0.15, 0.2) is 0 Å². The van der Waals surface area contributed by atoms with Crippen molar-refractivity contribution in [2.24, 2.45) is 5.73 Å². The molecule has 0 amide bonds. The molecule has 0 atom stereocenters. The molecule has 2 nitrogen and oxygen atoms in total. The van der Waals surface area contributed by atoms with Crippen LogP contribution in [0.2, 0.25) is 0 Å². The fourth-order valence-corrected chi connectivity index (χ4v) is 2.35. The summed E-state index contributed by atoms with van der Waals surface area (Å²) in [5, 5.41) is 1.17. The Morgan fingerprint density at radius 3 is 2.75 bits per heavy atom. The second kappa shape index (κ2) is 4.58. The highest BCUT2D eigenvalue weighted by Crippen LogP contribution is 2.19. The molecule has 0 saturated carbocycles. The van der Waals surface area contributed by atoms with E-state index in [1.165, 1.54) is 22.0 Å². The molecule has 1 heterocycles. The maximum atomic E-state index is 5.50. The molecule has 1 rings (SSSR count). The molecular formula is C9H16N2S. The van der Waals surface area contributed by atoms with Gasteiger partial charge in [-0.2, -0.15) is 0 Å². The molecule has 0 aliphatic heterocycles. The highest BCUT2D eigenvalue weighted by atomic mass is 32.1. The first kappa shape index (κ1) is 9.68. The predicted octanol–water partition coefficient (Wildman–Crippen LogP) is 1.91. The SMILES string of the molecule is CCCc1sc(C)nc1CCN. The zero-order valence-corrected chi connectivity index (χ0v) is 8.58. The molecule has 0 unspecified atom stereocenters. The summed E-state index contributed by atoms with van der Waals surface area (Å²) >= 11 is 1.81. The van der Waals surface area contributed by atoms with Crippen LogP contribution in [0.1, 0.15) is 28.9 Å². The molecule has 0 aromatic carbocycles. The summed E-state index contributed by atoms with van der Waals surface area (Å²) in [6, 6.07) is 0. The second-order valence-corrected chi connectivity index (χ2v) is 4.18. The van der Waals surface area contributed by atoms with E-state index in [0.29, 0.717) is 6.54 Å². The minimum Gasteiger partial charge on any atom is -0.330 e. The average molecular weight is 184 g/mol. The van der Waals surface area contributed by atoms with Crippen LogP contribution in [-0.4, -0.2) is 11.5 Å². The monoisotopic (exact) mass is 184 g/mol. The van der Waals surface area contributed by atoms with Gasteiger partial charge in [-0.15, -0.1) is 11.3 Å². The standard InChI is InChI=1S/C9H16N2S/c1-3-4-9-8(5-6-10)11-7(2)12-9/h3-6,10H2,1-2H3. The summed E-state index contributed by atoms with van der Waals surface area (Å²) in [6.07, 6.45) is 3.28. The molecule has 0 bridgehead atoms. The van der Waals surface area contributed by atoms with Gasteiger partial charge < -0.3 is 5.73 Å². The van der Waals surface area contributed by atoms with E-state index in [9.17, 15) is 0 Å². The van der Waals surface area contributed by atoms with Crippen LogP contribution < -0.4 is 5.73 Å². The van der Waals surface area contributed by atoms with E-state index in [1.54, 1.807) is 0 Å². The van der Waals surface area contributed by atoms with E-state index in [0.717, 1.165) is 12.8 Å². The van der Waals surface area contributed by atoms with Crippen LogP contribution in [-0.2, 0) is 12.8 Å². The highest BCUT2D eigenvalue weighted by Gasteiger charge is 2.06. The number of aromatic nitrogens is 1. The zero-order chi connectivity index (χ0) is 8.97. The average Bonchev–Trinajstić information content (AvgIpc) is 2.33. The summed E-state index contributed by atoms with van der Waals surface area (Å²) < 4.78 is 0. The smallest absolute Gasteiger partial charge is 0.0900 e. The first-order valence-electron chi connectivity index (χ1n) is 4.43. The van der Waals surface area contributed by atoms with Gasteiger partial charge in [-0.05, 0) is 19.9 Å². The Bertz CT molecular complexity index is 219. The minimum atomic E-state index is 0.708. The van der Waals surface area contributed by atoms with Crippen molar-refractivity contribution in [3.8, 4) is 0 Å². The van der Waals surface area contributed by atoms with Crippen LogP contribution in [0.3, 0.4) is 0 Å². The predicted molar refractivity (Wildman–Crippen MR) is 53.6 cm³/mol. The number of rotatable bonds is 4. The lowest BCUT2D eigenvalue weighted by Gasteiger charge is -1.96. The number of hydrogen-bond acceptors (Lipinski definition) is 3. The molecule has 0 spiro atoms. The number of nitrogens with zero attached hydrogens (tertiary/aromatic N) is 1. The molecular weight excluding hydrogens is 168 g/mol. The molecule has 2 N–H and O–H groups in total. The van der Waals surface area contributed by atoms with Gasteiger partial charge in [-0.3, -0.25) is 0 Å². The first-order chi connectivity index (χ1) is 5.77. The van der Waals surface area contributed by atoms with Crippen molar-refractivity contribution in [3.05, 3.63) is 15.6 Å². The van der Waals surface area contributed by atoms with Gasteiger partial charge in [-0.1, -0.05) is 13.3 Å². The van der Waals surface area contributed by atoms with Gasteiger partial charge >= 0.3 is 0 Å². The van der Waals surface area contributed by atoms with E-state index in [1.807, 2.05) is 11.3 Å². The van der Waals surface area contributed by atoms with Crippen molar-refractivity contribution < 1.29 is 0 Å². The maximum absolute atomic E-state index is 5.50. The number of thiazole rings is 1. The topological polar surface area (TPSA) is 38.9 Å². The Labute approximate surface area is 77.8 Å². The highest BCUT2D eigenvalue weighted by molar-refractivity contribution is 7.11. The van der Waals surface area contributed by atoms with Gasteiger partial charge in [0.25, 0.3) is 0 Å². The van der Waals surface area contributed by atoms with Gasteiger partial charge in [0.2, 0.25) is 0 Å². The molecule has 0 aliphatic rings. The third kappa shape index (κ3) is 2.29. The minimum absolute atomic E-state index is 0.708.